The van der Waals surface area contributed by atoms with Crippen molar-refractivity contribution in [3.8, 4) is 6.07 Å². The summed E-state index contributed by atoms with van der Waals surface area (Å²) < 4.78 is 12.5. The summed E-state index contributed by atoms with van der Waals surface area (Å²) in [5, 5.41) is 20.0. The molecule has 0 bridgehead atoms. The van der Waals surface area contributed by atoms with Crippen molar-refractivity contribution in [3.05, 3.63) is 0 Å². The number of hydrogen-bond acceptors (Lipinski definition) is 4. The zero-order chi connectivity index (χ0) is 18.2. The number of nitriles is 1. The Morgan fingerprint density at radius 3 is 2.38 bits per heavy atom. The van der Waals surface area contributed by atoms with Gasteiger partial charge in [-0.15, -0.1) is 0 Å². The maximum absolute atomic E-state index is 10.6. The Hall–Kier alpha value is -0.630. The number of nitrogens with zero attached hydrogens (tertiary/aromatic N) is 1. The molecule has 5 rings (SSSR count). The molecule has 0 radical (unpaired) electrons. The molecule has 5 aliphatic rings. The second-order valence-electron chi connectivity index (χ2n) is 10.4. The van der Waals surface area contributed by atoms with Gasteiger partial charge < -0.3 is 14.6 Å². The standard InChI is InChI=1S/C22H33NO3/c1-19-9-10-21(24,14-23)13-15(19)3-4-16-17(19)5-7-20(2)18(16)6-8-22(20)25-11-12-26-22/h15-18,24H,3-13H2,1-2H3/t15-,16+,17-,18+,19-,20+,21+/m0/s1. The summed E-state index contributed by atoms with van der Waals surface area (Å²) in [5.74, 6) is 2.39. The summed E-state index contributed by atoms with van der Waals surface area (Å²) in [7, 11) is 0. The molecule has 4 aliphatic carbocycles. The molecule has 7 atom stereocenters. The summed E-state index contributed by atoms with van der Waals surface area (Å²) >= 11 is 0. The van der Waals surface area contributed by atoms with Crippen molar-refractivity contribution < 1.29 is 14.6 Å². The normalized spacial score (nSPS) is 55.0. The van der Waals surface area contributed by atoms with Crippen LogP contribution in [0, 0.1) is 45.8 Å². The van der Waals surface area contributed by atoms with Crippen LogP contribution in [0.5, 0.6) is 0 Å². The van der Waals surface area contributed by atoms with Crippen LogP contribution in [0.15, 0.2) is 0 Å². The first kappa shape index (κ1) is 17.5. The van der Waals surface area contributed by atoms with Gasteiger partial charge in [0.15, 0.2) is 11.4 Å². The molecule has 1 N–H and O–H groups in total. The number of rotatable bonds is 0. The van der Waals surface area contributed by atoms with Gasteiger partial charge in [0.05, 0.1) is 19.3 Å². The average molecular weight is 360 g/mol. The second kappa shape index (κ2) is 5.46. The molecule has 0 aromatic heterocycles. The molecule has 4 saturated carbocycles. The van der Waals surface area contributed by atoms with Crippen molar-refractivity contribution in [2.75, 3.05) is 13.2 Å². The molecule has 1 spiro atoms. The summed E-state index contributed by atoms with van der Waals surface area (Å²) in [6, 6.07) is 2.20. The van der Waals surface area contributed by atoms with E-state index in [1.807, 2.05) is 0 Å². The molecular weight excluding hydrogens is 326 g/mol. The zero-order valence-corrected chi connectivity index (χ0v) is 16.3. The fourth-order valence-electron chi connectivity index (χ4n) is 8.23. The quantitative estimate of drug-likeness (QED) is 0.663. The predicted octanol–water partition coefficient (Wildman–Crippen LogP) is 4.03. The molecule has 26 heavy (non-hydrogen) atoms. The summed E-state index contributed by atoms with van der Waals surface area (Å²) in [6.45, 7) is 6.42. The van der Waals surface area contributed by atoms with Crippen molar-refractivity contribution >= 4 is 0 Å². The maximum atomic E-state index is 10.6. The highest BCUT2D eigenvalue weighted by Gasteiger charge is 2.67. The minimum Gasteiger partial charge on any atom is -0.375 e. The molecule has 144 valence electrons. The molecule has 1 heterocycles. The first-order chi connectivity index (χ1) is 12.4. The lowest BCUT2D eigenvalue weighted by molar-refractivity contribution is -0.248. The van der Waals surface area contributed by atoms with Crippen LogP contribution >= 0.6 is 0 Å². The highest BCUT2D eigenvalue weighted by molar-refractivity contribution is 5.15. The second-order valence-corrected chi connectivity index (χ2v) is 10.4. The summed E-state index contributed by atoms with van der Waals surface area (Å²) in [6.07, 6.45) is 9.51. The topological polar surface area (TPSA) is 62.5 Å². The van der Waals surface area contributed by atoms with E-state index in [4.69, 9.17) is 9.47 Å². The number of ether oxygens (including phenoxy) is 2. The highest BCUT2D eigenvalue weighted by Crippen LogP contribution is 2.69. The van der Waals surface area contributed by atoms with E-state index in [-0.39, 0.29) is 11.2 Å². The Balaban J connectivity index is 1.43. The molecule has 0 aromatic carbocycles. The highest BCUT2D eigenvalue weighted by atomic mass is 16.7. The van der Waals surface area contributed by atoms with Gasteiger partial charge in [-0.1, -0.05) is 13.8 Å². The van der Waals surface area contributed by atoms with E-state index in [0.717, 1.165) is 37.9 Å². The lowest BCUT2D eigenvalue weighted by atomic mass is 9.44. The Morgan fingerprint density at radius 1 is 0.923 bits per heavy atom. The molecule has 4 nitrogen and oxygen atoms in total. The van der Waals surface area contributed by atoms with Crippen LogP contribution in [0.4, 0.5) is 0 Å². The fraction of sp³-hybridized carbons (Fsp3) is 0.955. The Morgan fingerprint density at radius 2 is 1.65 bits per heavy atom. The summed E-state index contributed by atoms with van der Waals surface area (Å²) in [5.41, 5.74) is -0.625. The lowest BCUT2D eigenvalue weighted by Crippen LogP contribution is -2.58. The van der Waals surface area contributed by atoms with Gasteiger partial charge in [-0.25, -0.2) is 0 Å². The third kappa shape index (κ3) is 2.06. The van der Waals surface area contributed by atoms with Gasteiger partial charge in [0.1, 0.15) is 0 Å². The van der Waals surface area contributed by atoms with Gasteiger partial charge in [0.25, 0.3) is 0 Å². The molecule has 0 aromatic rings. The van der Waals surface area contributed by atoms with Crippen LogP contribution in [0.1, 0.15) is 71.6 Å². The maximum Gasteiger partial charge on any atom is 0.174 e. The van der Waals surface area contributed by atoms with E-state index in [1.54, 1.807) is 0 Å². The van der Waals surface area contributed by atoms with Gasteiger partial charge in [-0.3, -0.25) is 0 Å². The first-order valence-electron chi connectivity index (χ1n) is 10.8. The smallest absolute Gasteiger partial charge is 0.174 e. The molecular formula is C22H33NO3. The van der Waals surface area contributed by atoms with E-state index >= 15 is 0 Å². The average Bonchev–Trinajstić information content (AvgIpc) is 3.22. The third-order valence-electron chi connectivity index (χ3n) is 9.73. The molecule has 0 unspecified atom stereocenters. The van der Waals surface area contributed by atoms with E-state index < -0.39 is 5.60 Å². The number of aliphatic hydroxyl groups is 1. The Kier molecular flexibility index (Phi) is 3.67. The number of fused-ring (bicyclic) bond motifs is 6. The molecule has 4 heteroatoms. The minimum absolute atomic E-state index is 0.163. The van der Waals surface area contributed by atoms with E-state index in [2.05, 4.69) is 19.9 Å². The van der Waals surface area contributed by atoms with Crippen LogP contribution in [-0.2, 0) is 9.47 Å². The van der Waals surface area contributed by atoms with Gasteiger partial charge in [-0.2, -0.15) is 5.26 Å². The predicted molar refractivity (Wildman–Crippen MR) is 96.9 cm³/mol. The fourth-order valence-corrected chi connectivity index (χ4v) is 8.23. The van der Waals surface area contributed by atoms with Crippen LogP contribution < -0.4 is 0 Å². The third-order valence-corrected chi connectivity index (χ3v) is 9.73. The largest absolute Gasteiger partial charge is 0.375 e. The SMILES string of the molecule is C[C@]12CC[C@](O)(C#N)C[C@@H]1CC[C@H]1[C@H]3CCC4(OCCO4)[C@]3(C)CC[C@@H]12. The van der Waals surface area contributed by atoms with E-state index in [0.29, 0.717) is 30.1 Å². The zero-order valence-electron chi connectivity index (χ0n) is 16.3. The van der Waals surface area contributed by atoms with E-state index in [1.165, 1.54) is 32.1 Å². The van der Waals surface area contributed by atoms with Gasteiger partial charge in [0.2, 0.25) is 0 Å². The van der Waals surface area contributed by atoms with Crippen LogP contribution in [0.25, 0.3) is 0 Å². The van der Waals surface area contributed by atoms with Crippen LogP contribution in [0.2, 0.25) is 0 Å². The van der Waals surface area contributed by atoms with Gasteiger partial charge in [0, 0.05) is 11.8 Å². The van der Waals surface area contributed by atoms with E-state index in [9.17, 15) is 10.4 Å². The van der Waals surface area contributed by atoms with Crippen molar-refractivity contribution in [1.29, 1.82) is 5.26 Å². The van der Waals surface area contributed by atoms with Gasteiger partial charge >= 0.3 is 0 Å². The monoisotopic (exact) mass is 359 g/mol. The molecule has 1 saturated heterocycles. The van der Waals surface area contributed by atoms with Crippen molar-refractivity contribution in [1.82, 2.24) is 0 Å². The summed E-state index contributed by atoms with van der Waals surface area (Å²) in [4.78, 5) is 0. The van der Waals surface area contributed by atoms with Gasteiger partial charge in [-0.05, 0) is 80.5 Å². The minimum atomic E-state index is -1.08. The first-order valence-corrected chi connectivity index (χ1v) is 10.8. The van der Waals surface area contributed by atoms with Crippen LogP contribution in [0.3, 0.4) is 0 Å². The van der Waals surface area contributed by atoms with Crippen molar-refractivity contribution in [2.24, 2.45) is 34.5 Å². The molecule has 1 aliphatic heterocycles. The Bertz CT molecular complexity index is 638. The van der Waals surface area contributed by atoms with Crippen molar-refractivity contribution in [2.45, 2.75) is 83.0 Å². The van der Waals surface area contributed by atoms with Crippen molar-refractivity contribution in [3.63, 3.8) is 0 Å². The number of hydrogen-bond donors (Lipinski definition) is 1. The molecule has 0 amide bonds. The lowest BCUT2D eigenvalue weighted by Gasteiger charge is -2.61. The van der Waals surface area contributed by atoms with Crippen LogP contribution in [-0.4, -0.2) is 29.7 Å². The molecule has 5 fully saturated rings. The Labute approximate surface area is 157 Å².